The van der Waals surface area contributed by atoms with Gasteiger partial charge in [0, 0.05) is 17.6 Å². The van der Waals surface area contributed by atoms with Crippen LogP contribution in [0.25, 0.3) is 0 Å². The van der Waals surface area contributed by atoms with Gasteiger partial charge in [-0.05, 0) is 49.2 Å². The van der Waals surface area contributed by atoms with Gasteiger partial charge in [0.25, 0.3) is 5.91 Å². The van der Waals surface area contributed by atoms with Gasteiger partial charge < -0.3 is 4.90 Å². The lowest BCUT2D eigenvalue weighted by Gasteiger charge is -2.32. The Balaban J connectivity index is 2.00. The number of nitrogens with zero attached hydrogens (tertiary/aromatic N) is 1. The van der Waals surface area contributed by atoms with Gasteiger partial charge in [0.2, 0.25) is 0 Å². The minimum absolute atomic E-state index is 0.264. The molecule has 3 nitrogen and oxygen atoms in total. The van der Waals surface area contributed by atoms with E-state index in [4.69, 9.17) is 23.8 Å². The lowest BCUT2D eigenvalue weighted by molar-refractivity contribution is 0.0972. The molecule has 0 radical (unpaired) electrons. The molecule has 1 aliphatic heterocycles. The second-order valence-electron chi connectivity index (χ2n) is 5.05. The van der Waals surface area contributed by atoms with Gasteiger partial charge in [-0.15, -0.1) is 0 Å². The first-order valence-electron chi connectivity index (χ1n) is 6.52. The van der Waals surface area contributed by atoms with Gasteiger partial charge in [0.1, 0.15) is 0 Å². The summed E-state index contributed by atoms with van der Waals surface area (Å²) in [4.78, 5) is 14.2. The summed E-state index contributed by atoms with van der Waals surface area (Å²) >= 11 is 14.7. The third-order valence-corrected chi connectivity index (χ3v) is 4.65. The Labute approximate surface area is 137 Å². The Morgan fingerprint density at radius 3 is 2.75 bits per heavy atom. The van der Waals surface area contributed by atoms with E-state index in [1.807, 2.05) is 4.90 Å². The molecule has 108 valence electrons. The highest BCUT2D eigenvalue weighted by atomic mass is 79.9. The van der Waals surface area contributed by atoms with Gasteiger partial charge in [0.05, 0.1) is 10.6 Å². The molecular weight excluding hydrogens is 360 g/mol. The van der Waals surface area contributed by atoms with Gasteiger partial charge in [-0.2, -0.15) is 0 Å². The van der Waals surface area contributed by atoms with E-state index in [0.717, 1.165) is 36.3 Å². The van der Waals surface area contributed by atoms with Gasteiger partial charge in [-0.3, -0.25) is 10.1 Å². The van der Waals surface area contributed by atoms with E-state index in [1.165, 1.54) is 0 Å². The molecule has 2 rings (SSSR count). The van der Waals surface area contributed by atoms with E-state index >= 15 is 0 Å². The van der Waals surface area contributed by atoms with Crippen LogP contribution in [0.1, 0.15) is 30.1 Å². The molecule has 20 heavy (non-hydrogen) atoms. The number of amides is 1. The van der Waals surface area contributed by atoms with E-state index in [1.54, 1.807) is 18.2 Å². The van der Waals surface area contributed by atoms with Crippen molar-refractivity contribution in [3.8, 4) is 0 Å². The second kappa shape index (κ2) is 6.87. The number of carbonyl (C=O) groups is 1. The average molecular weight is 376 g/mol. The number of rotatable bonds is 1. The highest BCUT2D eigenvalue weighted by molar-refractivity contribution is 9.10. The monoisotopic (exact) mass is 374 g/mol. The average Bonchev–Trinajstić information content (AvgIpc) is 2.42. The molecule has 0 atom stereocenters. The summed E-state index contributed by atoms with van der Waals surface area (Å²) in [5.41, 5.74) is 0.425. The Morgan fingerprint density at radius 2 is 2.10 bits per heavy atom. The van der Waals surface area contributed by atoms with Crippen molar-refractivity contribution < 1.29 is 4.79 Å². The summed E-state index contributed by atoms with van der Waals surface area (Å²) in [6, 6.07) is 5.17. The number of hydrogen-bond acceptors (Lipinski definition) is 2. The normalized spacial score (nSPS) is 16.1. The Kier molecular flexibility index (Phi) is 5.41. The molecule has 1 fully saturated rings. The van der Waals surface area contributed by atoms with E-state index in [-0.39, 0.29) is 5.91 Å². The molecule has 0 aliphatic carbocycles. The number of likely N-dealkylation sites (tertiary alicyclic amines) is 1. The van der Waals surface area contributed by atoms with Gasteiger partial charge in [-0.1, -0.05) is 34.5 Å². The number of carbonyl (C=O) groups excluding carboxylic acids is 1. The predicted octanol–water partition coefficient (Wildman–Crippen LogP) is 3.85. The van der Waals surface area contributed by atoms with Crippen LogP contribution in [0, 0.1) is 5.92 Å². The van der Waals surface area contributed by atoms with Crippen molar-refractivity contribution in [1.29, 1.82) is 0 Å². The zero-order chi connectivity index (χ0) is 14.7. The fourth-order valence-electron chi connectivity index (χ4n) is 2.13. The Hall–Kier alpha value is -0.650. The molecule has 0 bridgehead atoms. The van der Waals surface area contributed by atoms with E-state index in [9.17, 15) is 4.79 Å². The lowest BCUT2D eigenvalue weighted by Crippen LogP contribution is -2.46. The number of benzene rings is 1. The molecule has 1 aromatic rings. The SMILES string of the molecule is CC1CCN(C(=S)NC(=O)c2cc(Br)ccc2Cl)CC1. The van der Waals surface area contributed by atoms with Crippen LogP contribution >= 0.6 is 39.7 Å². The van der Waals surface area contributed by atoms with Crippen molar-refractivity contribution in [2.45, 2.75) is 19.8 Å². The van der Waals surface area contributed by atoms with E-state index < -0.39 is 0 Å². The highest BCUT2D eigenvalue weighted by Gasteiger charge is 2.20. The molecule has 1 amide bonds. The number of piperidine rings is 1. The van der Waals surface area contributed by atoms with Crippen LogP contribution in [-0.2, 0) is 0 Å². The molecule has 1 N–H and O–H groups in total. The van der Waals surface area contributed by atoms with Gasteiger partial charge in [0.15, 0.2) is 5.11 Å². The summed E-state index contributed by atoms with van der Waals surface area (Å²) < 4.78 is 0.810. The third kappa shape index (κ3) is 3.93. The minimum atomic E-state index is -0.264. The zero-order valence-corrected chi connectivity index (χ0v) is 14.3. The smallest absolute Gasteiger partial charge is 0.258 e. The van der Waals surface area contributed by atoms with Crippen LogP contribution in [0.4, 0.5) is 0 Å². The first-order chi connectivity index (χ1) is 9.47. The maximum Gasteiger partial charge on any atom is 0.258 e. The van der Waals surface area contributed by atoms with E-state index in [2.05, 4.69) is 28.2 Å². The Bertz CT molecular complexity index is 530. The van der Waals surface area contributed by atoms with Crippen LogP contribution in [-0.4, -0.2) is 29.0 Å². The molecule has 1 saturated heterocycles. The number of hydrogen-bond donors (Lipinski definition) is 1. The molecule has 1 aromatic carbocycles. The molecule has 6 heteroatoms. The van der Waals surface area contributed by atoms with Crippen LogP contribution in [0.2, 0.25) is 5.02 Å². The molecular formula is C14H16BrClN2OS. The molecule has 1 aliphatic rings. The quantitative estimate of drug-likeness (QED) is 0.757. The fraction of sp³-hybridized carbons (Fsp3) is 0.429. The van der Waals surface area contributed by atoms with Crippen molar-refractivity contribution in [2.24, 2.45) is 5.92 Å². The number of nitrogens with one attached hydrogen (secondary N) is 1. The van der Waals surface area contributed by atoms with Crippen LogP contribution in [0.5, 0.6) is 0 Å². The molecule has 0 aromatic heterocycles. The second-order valence-corrected chi connectivity index (χ2v) is 6.76. The molecule has 0 spiro atoms. The van der Waals surface area contributed by atoms with Gasteiger partial charge in [-0.25, -0.2) is 0 Å². The lowest BCUT2D eigenvalue weighted by atomic mass is 10.00. The van der Waals surface area contributed by atoms with E-state index in [0.29, 0.717) is 15.7 Å². The summed E-state index contributed by atoms with van der Waals surface area (Å²) in [7, 11) is 0. The minimum Gasteiger partial charge on any atom is -0.349 e. The maximum atomic E-state index is 12.2. The highest BCUT2D eigenvalue weighted by Crippen LogP contribution is 2.21. The van der Waals surface area contributed by atoms with Crippen molar-refractivity contribution >= 4 is 50.8 Å². The van der Waals surface area contributed by atoms with Crippen molar-refractivity contribution in [3.63, 3.8) is 0 Å². The maximum absolute atomic E-state index is 12.2. The Morgan fingerprint density at radius 1 is 1.45 bits per heavy atom. The van der Waals surface area contributed by atoms with Crippen molar-refractivity contribution in [3.05, 3.63) is 33.3 Å². The van der Waals surface area contributed by atoms with Crippen molar-refractivity contribution in [1.82, 2.24) is 10.2 Å². The summed E-state index contributed by atoms with van der Waals surface area (Å²) in [5, 5.41) is 3.66. The molecule has 0 saturated carbocycles. The molecule has 0 unspecified atom stereocenters. The standard InChI is InChI=1S/C14H16BrClN2OS/c1-9-4-6-18(7-5-9)14(20)17-13(19)11-8-10(15)2-3-12(11)16/h2-3,8-9H,4-7H2,1H3,(H,17,19,20). The van der Waals surface area contributed by atoms with Crippen LogP contribution < -0.4 is 5.32 Å². The van der Waals surface area contributed by atoms with Crippen LogP contribution in [0.15, 0.2) is 22.7 Å². The first-order valence-corrected chi connectivity index (χ1v) is 8.10. The number of thiocarbonyl (C=S) groups is 1. The first kappa shape index (κ1) is 15.7. The van der Waals surface area contributed by atoms with Gasteiger partial charge >= 0.3 is 0 Å². The summed E-state index contributed by atoms with van der Waals surface area (Å²) in [6.45, 7) is 4.03. The molecule has 1 heterocycles. The fourth-order valence-corrected chi connectivity index (χ4v) is 2.97. The predicted molar refractivity (Wildman–Crippen MR) is 89.2 cm³/mol. The van der Waals surface area contributed by atoms with Crippen molar-refractivity contribution in [2.75, 3.05) is 13.1 Å². The third-order valence-electron chi connectivity index (χ3n) is 3.46. The van der Waals surface area contributed by atoms with Crippen LogP contribution in [0.3, 0.4) is 0 Å². The largest absolute Gasteiger partial charge is 0.349 e. The summed E-state index contributed by atoms with van der Waals surface area (Å²) in [6.07, 6.45) is 2.21. The zero-order valence-electron chi connectivity index (χ0n) is 11.2. The topological polar surface area (TPSA) is 32.3 Å². The summed E-state index contributed by atoms with van der Waals surface area (Å²) in [5.74, 6) is 0.462. The number of halogens is 2.